The monoisotopic (exact) mass is 386 g/mol. The van der Waals surface area contributed by atoms with Crippen LogP contribution in [-0.2, 0) is 16.6 Å². The van der Waals surface area contributed by atoms with Gasteiger partial charge in [-0.1, -0.05) is 56.2 Å². The van der Waals surface area contributed by atoms with Crippen molar-refractivity contribution in [3.63, 3.8) is 0 Å². The van der Waals surface area contributed by atoms with Crippen molar-refractivity contribution >= 4 is 15.9 Å². The Morgan fingerprint density at radius 3 is 2.52 bits per heavy atom. The molecule has 0 heterocycles. The van der Waals surface area contributed by atoms with Gasteiger partial charge >= 0.3 is 0 Å². The topological polar surface area (TPSA) is 75.3 Å². The van der Waals surface area contributed by atoms with Gasteiger partial charge in [-0.2, -0.15) is 0 Å². The molecule has 2 aromatic rings. The molecule has 1 amide bonds. The van der Waals surface area contributed by atoms with Crippen molar-refractivity contribution in [3.8, 4) is 0 Å². The van der Waals surface area contributed by atoms with Gasteiger partial charge < -0.3 is 5.32 Å². The summed E-state index contributed by atoms with van der Waals surface area (Å²) in [6.45, 7) is 2.36. The van der Waals surface area contributed by atoms with E-state index in [2.05, 4.69) is 17.0 Å². The number of amides is 1. The molecule has 6 heteroatoms. The Morgan fingerprint density at radius 2 is 1.78 bits per heavy atom. The van der Waals surface area contributed by atoms with Gasteiger partial charge in [-0.25, -0.2) is 13.1 Å². The normalized spacial score (nSPS) is 20.2. The summed E-state index contributed by atoms with van der Waals surface area (Å²) in [5, 5.41) is 3.07. The van der Waals surface area contributed by atoms with E-state index in [0.29, 0.717) is 11.5 Å². The molecule has 1 saturated carbocycles. The third-order valence-electron chi connectivity index (χ3n) is 5.14. The van der Waals surface area contributed by atoms with Crippen LogP contribution in [-0.4, -0.2) is 20.4 Å². The largest absolute Gasteiger partial charge is 0.349 e. The van der Waals surface area contributed by atoms with Gasteiger partial charge in [0.25, 0.3) is 5.91 Å². The molecule has 0 unspecified atom stereocenters. The lowest BCUT2D eigenvalue weighted by Crippen LogP contribution is -2.41. The summed E-state index contributed by atoms with van der Waals surface area (Å²) in [5.74, 6) is 0.232. The predicted octanol–water partition coefficient (Wildman–Crippen LogP) is 3.47. The minimum Gasteiger partial charge on any atom is -0.349 e. The summed E-state index contributed by atoms with van der Waals surface area (Å²) in [4.78, 5) is 12.7. The van der Waals surface area contributed by atoms with Crippen LogP contribution in [0.4, 0.5) is 0 Å². The van der Waals surface area contributed by atoms with Crippen molar-refractivity contribution in [2.24, 2.45) is 5.92 Å². The molecule has 2 atom stereocenters. The molecule has 5 nitrogen and oxygen atoms in total. The summed E-state index contributed by atoms with van der Waals surface area (Å²) in [5.41, 5.74) is 1.25. The SMILES string of the molecule is C[C@@H]1CCCC[C@H]1NC(=O)c1cccc(S(=O)(=O)NCc2ccccc2)c1. The molecule has 0 saturated heterocycles. The van der Waals surface area contributed by atoms with Crippen molar-refractivity contribution in [2.45, 2.75) is 50.1 Å². The fourth-order valence-corrected chi connectivity index (χ4v) is 4.51. The fourth-order valence-electron chi connectivity index (χ4n) is 3.44. The predicted molar refractivity (Wildman–Crippen MR) is 106 cm³/mol. The van der Waals surface area contributed by atoms with Crippen molar-refractivity contribution in [2.75, 3.05) is 0 Å². The molecule has 3 rings (SSSR count). The van der Waals surface area contributed by atoms with Crippen LogP contribution in [0.1, 0.15) is 48.5 Å². The lowest BCUT2D eigenvalue weighted by molar-refractivity contribution is 0.0910. The van der Waals surface area contributed by atoms with Crippen molar-refractivity contribution < 1.29 is 13.2 Å². The smallest absolute Gasteiger partial charge is 0.251 e. The summed E-state index contributed by atoms with van der Waals surface area (Å²) in [6, 6.07) is 15.7. The fraction of sp³-hybridized carbons (Fsp3) is 0.381. The molecule has 0 radical (unpaired) electrons. The van der Waals surface area contributed by atoms with E-state index in [1.54, 1.807) is 12.1 Å². The minimum atomic E-state index is -3.69. The summed E-state index contributed by atoms with van der Waals surface area (Å²) < 4.78 is 27.7. The zero-order valence-corrected chi connectivity index (χ0v) is 16.3. The van der Waals surface area contributed by atoms with E-state index < -0.39 is 10.0 Å². The second kappa shape index (κ2) is 8.67. The first-order valence-electron chi connectivity index (χ1n) is 9.40. The van der Waals surface area contributed by atoms with Gasteiger partial charge in [-0.15, -0.1) is 0 Å². The molecule has 1 aliphatic carbocycles. The maximum absolute atomic E-state index is 12.6. The van der Waals surface area contributed by atoms with Gasteiger partial charge in [-0.05, 0) is 42.5 Å². The van der Waals surface area contributed by atoms with Crippen LogP contribution in [0.25, 0.3) is 0 Å². The molecule has 0 aliphatic heterocycles. The van der Waals surface area contributed by atoms with Crippen LogP contribution in [0.15, 0.2) is 59.5 Å². The van der Waals surface area contributed by atoms with Crippen LogP contribution >= 0.6 is 0 Å². The summed E-state index contributed by atoms with van der Waals surface area (Å²) in [7, 11) is -3.69. The molecule has 1 aliphatic rings. The highest BCUT2D eigenvalue weighted by Crippen LogP contribution is 2.24. The first kappa shape index (κ1) is 19.6. The third-order valence-corrected chi connectivity index (χ3v) is 6.54. The standard InChI is InChI=1S/C21H26N2O3S/c1-16-8-5-6-13-20(16)23-21(24)18-11-7-12-19(14-18)27(25,26)22-15-17-9-3-2-4-10-17/h2-4,7,9-12,14,16,20,22H,5-6,8,13,15H2,1H3,(H,23,24)/t16-,20-/m1/s1. The minimum absolute atomic E-state index is 0.0998. The third kappa shape index (κ3) is 5.17. The molecule has 2 N–H and O–H groups in total. The van der Waals surface area contributed by atoms with Crippen molar-refractivity contribution in [1.29, 1.82) is 0 Å². The Morgan fingerprint density at radius 1 is 1.04 bits per heavy atom. The van der Waals surface area contributed by atoms with Crippen LogP contribution < -0.4 is 10.0 Å². The lowest BCUT2D eigenvalue weighted by atomic mass is 9.86. The Labute approximate surface area is 161 Å². The lowest BCUT2D eigenvalue weighted by Gasteiger charge is -2.29. The van der Waals surface area contributed by atoms with Crippen LogP contribution in [0.2, 0.25) is 0 Å². The Kier molecular flexibility index (Phi) is 6.29. The van der Waals surface area contributed by atoms with E-state index in [1.165, 1.54) is 18.6 Å². The molecular formula is C21H26N2O3S. The van der Waals surface area contributed by atoms with Gasteiger partial charge in [0.05, 0.1) is 4.90 Å². The van der Waals surface area contributed by atoms with E-state index in [0.717, 1.165) is 24.8 Å². The first-order chi connectivity index (χ1) is 13.0. The number of carbonyl (C=O) groups excluding carboxylic acids is 1. The van der Waals surface area contributed by atoms with Crippen molar-refractivity contribution in [3.05, 3.63) is 65.7 Å². The zero-order valence-electron chi connectivity index (χ0n) is 15.5. The second-order valence-corrected chi connectivity index (χ2v) is 8.95. The number of nitrogens with one attached hydrogen (secondary N) is 2. The Balaban J connectivity index is 1.69. The maximum atomic E-state index is 12.6. The number of carbonyl (C=O) groups is 1. The average molecular weight is 387 g/mol. The first-order valence-corrected chi connectivity index (χ1v) is 10.9. The number of benzene rings is 2. The number of sulfonamides is 1. The highest BCUT2D eigenvalue weighted by molar-refractivity contribution is 7.89. The average Bonchev–Trinajstić information content (AvgIpc) is 2.69. The second-order valence-electron chi connectivity index (χ2n) is 7.18. The van der Waals surface area contributed by atoms with E-state index in [-0.39, 0.29) is 23.4 Å². The number of hydrogen-bond acceptors (Lipinski definition) is 3. The summed E-state index contributed by atoms with van der Waals surface area (Å²) in [6.07, 6.45) is 4.41. The van der Waals surface area contributed by atoms with Crippen LogP contribution in [0.5, 0.6) is 0 Å². The number of rotatable bonds is 6. The van der Waals surface area contributed by atoms with Crippen molar-refractivity contribution in [1.82, 2.24) is 10.0 Å². The molecule has 144 valence electrons. The molecular weight excluding hydrogens is 360 g/mol. The van der Waals surface area contributed by atoms with E-state index >= 15 is 0 Å². The molecule has 2 aromatic carbocycles. The van der Waals surface area contributed by atoms with E-state index in [1.807, 2.05) is 30.3 Å². The zero-order chi connectivity index (χ0) is 19.3. The van der Waals surface area contributed by atoms with E-state index in [4.69, 9.17) is 0 Å². The van der Waals surface area contributed by atoms with Gasteiger partial charge in [0, 0.05) is 18.2 Å². The Hall–Kier alpha value is -2.18. The maximum Gasteiger partial charge on any atom is 0.251 e. The molecule has 0 aromatic heterocycles. The van der Waals surface area contributed by atoms with Gasteiger partial charge in [0.15, 0.2) is 0 Å². The van der Waals surface area contributed by atoms with Crippen LogP contribution in [0, 0.1) is 5.92 Å². The highest BCUT2D eigenvalue weighted by Gasteiger charge is 2.24. The van der Waals surface area contributed by atoms with Gasteiger partial charge in [-0.3, -0.25) is 4.79 Å². The van der Waals surface area contributed by atoms with Crippen LogP contribution in [0.3, 0.4) is 0 Å². The quantitative estimate of drug-likeness (QED) is 0.798. The van der Waals surface area contributed by atoms with Gasteiger partial charge in [0.2, 0.25) is 10.0 Å². The van der Waals surface area contributed by atoms with Gasteiger partial charge in [0.1, 0.15) is 0 Å². The molecule has 0 spiro atoms. The Bertz CT molecular complexity index is 881. The molecule has 1 fully saturated rings. The molecule has 0 bridgehead atoms. The van der Waals surface area contributed by atoms with E-state index in [9.17, 15) is 13.2 Å². The summed E-state index contributed by atoms with van der Waals surface area (Å²) >= 11 is 0. The highest BCUT2D eigenvalue weighted by atomic mass is 32.2. The number of hydrogen-bond donors (Lipinski definition) is 2. The molecule has 27 heavy (non-hydrogen) atoms.